The van der Waals surface area contributed by atoms with Crippen molar-refractivity contribution in [2.75, 3.05) is 5.32 Å². The van der Waals surface area contributed by atoms with E-state index in [2.05, 4.69) is 28.5 Å². The number of hydrazone groups is 1. The quantitative estimate of drug-likeness (QED) is 0.529. The smallest absolute Gasteiger partial charge is 0.412 e. The van der Waals surface area contributed by atoms with Crippen molar-refractivity contribution >= 4 is 36.0 Å². The number of nitrogens with zero attached hydrogens (tertiary/aromatic N) is 1. The Bertz CT molecular complexity index is 746. The summed E-state index contributed by atoms with van der Waals surface area (Å²) in [4.78, 5) is 23.9. The molecule has 0 fully saturated rings. The lowest BCUT2D eigenvalue weighted by Gasteiger charge is -2.21. The molecule has 6 nitrogen and oxygen atoms in total. The van der Waals surface area contributed by atoms with Crippen LogP contribution in [0.2, 0.25) is 0 Å². The summed E-state index contributed by atoms with van der Waals surface area (Å²) in [6, 6.07) is 5.68. The monoisotopic (exact) mass is 391 g/mol. The molecule has 27 heavy (non-hydrogen) atoms. The zero-order valence-electron chi connectivity index (χ0n) is 16.7. The minimum atomic E-state index is -0.544. The van der Waals surface area contributed by atoms with Crippen LogP contribution in [-0.4, -0.2) is 28.1 Å². The van der Waals surface area contributed by atoms with Gasteiger partial charge in [-0.25, -0.2) is 10.2 Å². The van der Waals surface area contributed by atoms with Crippen molar-refractivity contribution < 1.29 is 14.3 Å². The van der Waals surface area contributed by atoms with Crippen molar-refractivity contribution in [1.29, 1.82) is 0 Å². The lowest BCUT2D eigenvalue weighted by Crippen LogP contribution is -2.28. The summed E-state index contributed by atoms with van der Waals surface area (Å²) in [6.45, 7) is 9.25. The molecule has 0 aliphatic heterocycles. The van der Waals surface area contributed by atoms with Crippen LogP contribution in [0.1, 0.15) is 65.0 Å². The van der Waals surface area contributed by atoms with Gasteiger partial charge in [0.1, 0.15) is 5.60 Å². The first-order chi connectivity index (χ1) is 12.4. The number of hydrogen-bond donors (Lipinski definition) is 3. The van der Waals surface area contributed by atoms with Crippen LogP contribution in [0.3, 0.4) is 0 Å². The highest BCUT2D eigenvalue weighted by atomic mass is 32.1. The molecule has 0 saturated heterocycles. The Hall–Kier alpha value is -2.02. The molecule has 0 saturated carbocycles. The highest BCUT2D eigenvalue weighted by Gasteiger charge is 2.20. The number of rotatable bonds is 4. The van der Waals surface area contributed by atoms with E-state index in [1.165, 1.54) is 0 Å². The number of ether oxygens (including phenoxy) is 1. The van der Waals surface area contributed by atoms with Crippen LogP contribution < -0.4 is 10.7 Å². The molecule has 0 unspecified atom stereocenters. The largest absolute Gasteiger partial charge is 0.444 e. The molecule has 1 aliphatic rings. The van der Waals surface area contributed by atoms with Gasteiger partial charge in [-0.05, 0) is 57.7 Å². The molecule has 0 bridgehead atoms. The van der Waals surface area contributed by atoms with Crippen LogP contribution in [0.4, 0.5) is 10.5 Å². The van der Waals surface area contributed by atoms with Crippen LogP contribution in [0, 0.1) is 0 Å². The maximum Gasteiger partial charge on any atom is 0.412 e. The summed E-state index contributed by atoms with van der Waals surface area (Å²) < 4.78 is 4.91. The average Bonchev–Trinajstić information content (AvgIpc) is 2.49. The minimum absolute atomic E-state index is 0.155. The zero-order chi connectivity index (χ0) is 20.2. The van der Waals surface area contributed by atoms with E-state index in [0.717, 1.165) is 36.1 Å². The van der Waals surface area contributed by atoms with Crippen LogP contribution >= 0.6 is 12.6 Å². The molecule has 0 radical (unpaired) electrons. The Morgan fingerprint density at radius 3 is 2.52 bits per heavy atom. The van der Waals surface area contributed by atoms with E-state index in [-0.39, 0.29) is 10.7 Å². The van der Waals surface area contributed by atoms with Gasteiger partial charge in [0.2, 0.25) is 5.91 Å². The molecule has 1 aromatic carbocycles. The van der Waals surface area contributed by atoms with Crippen molar-refractivity contribution in [3.63, 3.8) is 0 Å². The second-order valence-electron chi connectivity index (χ2n) is 8.44. The SMILES string of the molecule is CC(C)(S)CC(=O)N/N=C1\CCCc2cc(NC(=O)OC(C)(C)C)ccc21. The Morgan fingerprint density at radius 2 is 1.89 bits per heavy atom. The van der Waals surface area contributed by atoms with E-state index in [1.54, 1.807) is 0 Å². The Kier molecular flexibility index (Phi) is 6.57. The molecular weight excluding hydrogens is 362 g/mol. The predicted octanol–water partition coefficient (Wildman–Crippen LogP) is 4.29. The van der Waals surface area contributed by atoms with Crippen molar-refractivity contribution in [3.8, 4) is 0 Å². The van der Waals surface area contributed by atoms with Crippen molar-refractivity contribution in [2.45, 2.75) is 70.7 Å². The number of amides is 2. The Balaban J connectivity index is 2.09. The topological polar surface area (TPSA) is 79.8 Å². The van der Waals surface area contributed by atoms with Crippen LogP contribution in [0.5, 0.6) is 0 Å². The van der Waals surface area contributed by atoms with Gasteiger partial charge in [-0.15, -0.1) is 0 Å². The molecule has 0 spiro atoms. The zero-order valence-corrected chi connectivity index (χ0v) is 17.6. The highest BCUT2D eigenvalue weighted by Crippen LogP contribution is 2.25. The Morgan fingerprint density at radius 1 is 1.19 bits per heavy atom. The first kappa shape index (κ1) is 21.3. The molecule has 1 aliphatic carbocycles. The fourth-order valence-electron chi connectivity index (χ4n) is 2.84. The number of hydrogen-bond acceptors (Lipinski definition) is 5. The van der Waals surface area contributed by atoms with Gasteiger partial charge in [-0.2, -0.15) is 17.7 Å². The van der Waals surface area contributed by atoms with Gasteiger partial charge in [0, 0.05) is 22.4 Å². The maximum atomic E-state index is 12.0. The summed E-state index contributed by atoms with van der Waals surface area (Å²) in [5.74, 6) is -0.155. The fourth-order valence-corrected chi connectivity index (χ4v) is 2.98. The summed E-state index contributed by atoms with van der Waals surface area (Å²) in [5.41, 5.74) is 5.72. The third kappa shape index (κ3) is 7.25. The van der Waals surface area contributed by atoms with Gasteiger partial charge in [-0.1, -0.05) is 19.9 Å². The highest BCUT2D eigenvalue weighted by molar-refractivity contribution is 7.81. The maximum absolute atomic E-state index is 12.0. The third-order valence-electron chi connectivity index (χ3n) is 3.83. The van der Waals surface area contributed by atoms with Gasteiger partial charge in [-0.3, -0.25) is 10.1 Å². The number of fused-ring (bicyclic) bond motifs is 1. The third-order valence-corrected chi connectivity index (χ3v) is 3.99. The normalized spacial score (nSPS) is 15.9. The molecule has 148 valence electrons. The van der Waals surface area contributed by atoms with Crippen molar-refractivity contribution in [3.05, 3.63) is 29.3 Å². The van der Waals surface area contributed by atoms with Gasteiger partial charge in [0.15, 0.2) is 0 Å². The number of anilines is 1. The summed E-state index contributed by atoms with van der Waals surface area (Å²) in [7, 11) is 0. The van der Waals surface area contributed by atoms with Crippen molar-refractivity contribution in [2.24, 2.45) is 5.10 Å². The van der Waals surface area contributed by atoms with Gasteiger partial charge in [0.25, 0.3) is 0 Å². The summed E-state index contributed by atoms with van der Waals surface area (Å²) in [5, 5.41) is 7.08. The van der Waals surface area contributed by atoms with Crippen LogP contribution in [-0.2, 0) is 16.0 Å². The number of nitrogens with one attached hydrogen (secondary N) is 2. The number of aryl methyl sites for hydroxylation is 1. The molecule has 7 heteroatoms. The predicted molar refractivity (Wildman–Crippen MR) is 112 cm³/mol. The molecule has 1 aromatic rings. The number of carbonyl (C=O) groups excluding carboxylic acids is 2. The van der Waals surface area contributed by atoms with E-state index in [9.17, 15) is 9.59 Å². The number of thiol groups is 1. The first-order valence-electron chi connectivity index (χ1n) is 9.14. The second-order valence-corrected chi connectivity index (χ2v) is 9.65. The molecule has 2 rings (SSSR count). The fraction of sp³-hybridized carbons (Fsp3) is 0.550. The van der Waals surface area contributed by atoms with Crippen molar-refractivity contribution in [1.82, 2.24) is 5.43 Å². The number of carbonyl (C=O) groups is 2. The second kappa shape index (κ2) is 8.33. The van der Waals surface area contributed by atoms with E-state index < -0.39 is 11.7 Å². The van der Waals surface area contributed by atoms with E-state index in [0.29, 0.717) is 12.1 Å². The average molecular weight is 392 g/mol. The molecule has 0 aromatic heterocycles. The minimum Gasteiger partial charge on any atom is -0.444 e. The standard InChI is InChI=1S/C20H29N3O3S/c1-19(2,3)26-18(25)21-14-9-10-15-13(11-14)7-6-8-16(15)22-23-17(24)12-20(4,5)27/h9-11,27H,6-8,12H2,1-5H3,(H,21,25)(H,23,24)/b22-16+. The molecule has 0 heterocycles. The van der Waals surface area contributed by atoms with E-state index in [1.807, 2.05) is 52.8 Å². The van der Waals surface area contributed by atoms with Gasteiger partial charge in [0.05, 0.1) is 5.71 Å². The molecular formula is C20H29N3O3S. The van der Waals surface area contributed by atoms with E-state index in [4.69, 9.17) is 4.74 Å². The van der Waals surface area contributed by atoms with Crippen LogP contribution in [0.15, 0.2) is 23.3 Å². The Labute approximate surface area is 166 Å². The molecule has 2 N–H and O–H groups in total. The molecule has 2 amide bonds. The lowest BCUT2D eigenvalue weighted by atomic mass is 9.90. The lowest BCUT2D eigenvalue weighted by molar-refractivity contribution is -0.121. The molecule has 0 atom stereocenters. The van der Waals surface area contributed by atoms with Crippen LogP contribution in [0.25, 0.3) is 0 Å². The number of benzene rings is 1. The van der Waals surface area contributed by atoms with Gasteiger partial charge >= 0.3 is 6.09 Å². The van der Waals surface area contributed by atoms with Gasteiger partial charge < -0.3 is 4.74 Å². The first-order valence-corrected chi connectivity index (χ1v) is 9.59. The summed E-state index contributed by atoms with van der Waals surface area (Å²) >= 11 is 4.37. The van der Waals surface area contributed by atoms with E-state index >= 15 is 0 Å². The summed E-state index contributed by atoms with van der Waals surface area (Å²) in [6.07, 6.45) is 2.45.